The van der Waals surface area contributed by atoms with E-state index in [0.29, 0.717) is 17.0 Å². The zero-order valence-corrected chi connectivity index (χ0v) is 14.2. The molecule has 0 atom stereocenters. The molecule has 0 fully saturated rings. The third-order valence-electron chi connectivity index (χ3n) is 3.53. The number of phenols is 1. The Labute approximate surface area is 150 Å². The molecule has 1 heterocycles. The molecule has 0 saturated carbocycles. The van der Waals surface area contributed by atoms with Crippen molar-refractivity contribution in [3.63, 3.8) is 0 Å². The van der Waals surface area contributed by atoms with Crippen molar-refractivity contribution < 1.29 is 9.84 Å². The first-order valence-electron chi connectivity index (χ1n) is 7.45. The number of hydrogen-bond acceptors (Lipinski definition) is 5. The second-order valence-electron chi connectivity index (χ2n) is 5.20. The van der Waals surface area contributed by atoms with E-state index in [1.54, 1.807) is 31.4 Å². The highest BCUT2D eigenvalue weighted by Gasteiger charge is 2.11. The normalized spacial score (nSPS) is 10.3. The van der Waals surface area contributed by atoms with E-state index < -0.39 is 0 Å². The van der Waals surface area contributed by atoms with Gasteiger partial charge in [0.2, 0.25) is 5.95 Å². The number of thiocarbonyl (C=S) groups is 1. The Morgan fingerprint density at radius 3 is 2.40 bits per heavy atom. The van der Waals surface area contributed by atoms with E-state index in [1.165, 1.54) is 0 Å². The van der Waals surface area contributed by atoms with Gasteiger partial charge in [-0.3, -0.25) is 0 Å². The maximum absolute atomic E-state index is 10.1. The minimum atomic E-state index is 0.0649. The zero-order chi connectivity index (χ0) is 17.8. The van der Waals surface area contributed by atoms with Crippen molar-refractivity contribution in [3.05, 3.63) is 54.6 Å². The van der Waals surface area contributed by atoms with Crippen molar-refractivity contribution in [2.24, 2.45) is 5.73 Å². The Bertz CT molecular complexity index is 913. The lowest BCUT2D eigenvalue weighted by Crippen LogP contribution is -2.20. The van der Waals surface area contributed by atoms with Crippen LogP contribution in [0.1, 0.15) is 0 Å². The Balaban J connectivity index is 2.12. The van der Waals surface area contributed by atoms with Gasteiger partial charge in [0, 0.05) is 11.1 Å². The van der Waals surface area contributed by atoms with Crippen LogP contribution < -0.4 is 15.8 Å². The number of phenolic OH excluding ortho intramolecular Hbond substituents is 1. The second kappa shape index (κ2) is 7.14. The first-order chi connectivity index (χ1) is 12.1. The molecule has 0 amide bonds. The molecule has 0 radical (unpaired) electrons. The molecule has 0 aliphatic carbocycles. The molecule has 126 valence electrons. The summed E-state index contributed by atoms with van der Waals surface area (Å²) in [4.78, 5) is 8.83. The molecule has 0 unspecified atom stereocenters. The molecule has 3 rings (SSSR count). The van der Waals surface area contributed by atoms with Crippen LogP contribution in [0.25, 0.3) is 22.5 Å². The number of methoxy groups -OCH3 is 1. The third-order valence-corrected chi connectivity index (χ3v) is 3.63. The van der Waals surface area contributed by atoms with Gasteiger partial charge in [-0.2, -0.15) is 0 Å². The maximum atomic E-state index is 10.1. The van der Waals surface area contributed by atoms with Crippen LogP contribution in [0.3, 0.4) is 0 Å². The van der Waals surface area contributed by atoms with Gasteiger partial charge in [-0.15, -0.1) is 0 Å². The standard InChI is InChI=1S/C18H16N4O2S/c1-24-12-8-6-11(7-9-12)14-10-15(13-4-2-3-5-16(13)23)21-18(20-14)22-17(19)25/h2-10,23H,1H3,(H3,19,20,21,22,25). The van der Waals surface area contributed by atoms with E-state index in [2.05, 4.69) is 15.3 Å². The molecular formula is C18H16N4O2S. The van der Waals surface area contributed by atoms with E-state index in [0.717, 1.165) is 11.3 Å². The van der Waals surface area contributed by atoms with Gasteiger partial charge in [0.1, 0.15) is 11.5 Å². The van der Waals surface area contributed by atoms with Crippen molar-refractivity contribution in [1.82, 2.24) is 9.97 Å². The molecule has 1 aromatic heterocycles. The third kappa shape index (κ3) is 3.84. The SMILES string of the molecule is COc1ccc(-c2cc(-c3ccccc3O)nc(NC(N)=S)n2)cc1. The lowest BCUT2D eigenvalue weighted by atomic mass is 10.1. The number of nitrogens with one attached hydrogen (secondary N) is 1. The number of ether oxygens (including phenoxy) is 1. The minimum absolute atomic E-state index is 0.0649. The molecule has 7 heteroatoms. The van der Waals surface area contributed by atoms with Crippen molar-refractivity contribution in [3.8, 4) is 34.0 Å². The summed E-state index contributed by atoms with van der Waals surface area (Å²) in [6.45, 7) is 0. The highest BCUT2D eigenvalue weighted by atomic mass is 32.1. The van der Waals surface area contributed by atoms with Gasteiger partial charge in [-0.05, 0) is 54.7 Å². The summed E-state index contributed by atoms with van der Waals surface area (Å²) in [6, 6.07) is 16.2. The van der Waals surface area contributed by atoms with E-state index in [9.17, 15) is 5.11 Å². The minimum Gasteiger partial charge on any atom is -0.507 e. The summed E-state index contributed by atoms with van der Waals surface area (Å²) in [7, 11) is 1.61. The molecule has 0 aliphatic heterocycles. The molecule has 6 nitrogen and oxygen atoms in total. The number of hydrogen-bond donors (Lipinski definition) is 3. The Hall–Kier alpha value is -3.19. The number of para-hydroxylation sites is 1. The van der Waals surface area contributed by atoms with Crippen molar-refractivity contribution in [2.45, 2.75) is 0 Å². The fraction of sp³-hybridized carbons (Fsp3) is 0.0556. The second-order valence-corrected chi connectivity index (χ2v) is 5.64. The predicted molar refractivity (Wildman–Crippen MR) is 102 cm³/mol. The molecular weight excluding hydrogens is 336 g/mol. The summed E-state index contributed by atoms with van der Waals surface area (Å²) in [5.41, 5.74) is 8.21. The van der Waals surface area contributed by atoms with E-state index in [4.69, 9.17) is 22.7 Å². The van der Waals surface area contributed by atoms with Crippen LogP contribution in [0.5, 0.6) is 11.5 Å². The van der Waals surface area contributed by atoms with E-state index >= 15 is 0 Å². The Morgan fingerprint density at radius 2 is 1.76 bits per heavy atom. The zero-order valence-electron chi connectivity index (χ0n) is 13.4. The predicted octanol–water partition coefficient (Wildman–Crippen LogP) is 3.18. The largest absolute Gasteiger partial charge is 0.507 e. The monoisotopic (exact) mass is 352 g/mol. The average molecular weight is 352 g/mol. The van der Waals surface area contributed by atoms with Crippen molar-refractivity contribution >= 4 is 23.3 Å². The number of rotatable bonds is 4. The Morgan fingerprint density at radius 1 is 1.08 bits per heavy atom. The van der Waals surface area contributed by atoms with Gasteiger partial charge >= 0.3 is 0 Å². The van der Waals surface area contributed by atoms with Crippen LogP contribution >= 0.6 is 12.2 Å². The van der Waals surface area contributed by atoms with Crippen molar-refractivity contribution in [2.75, 3.05) is 12.4 Å². The van der Waals surface area contributed by atoms with Crippen LogP contribution in [0.2, 0.25) is 0 Å². The van der Waals surface area contributed by atoms with Gasteiger partial charge in [0.25, 0.3) is 0 Å². The summed E-state index contributed by atoms with van der Waals surface area (Å²) in [5, 5.41) is 12.9. The topological polar surface area (TPSA) is 93.3 Å². The first-order valence-corrected chi connectivity index (χ1v) is 7.86. The molecule has 25 heavy (non-hydrogen) atoms. The molecule has 4 N–H and O–H groups in total. The summed E-state index contributed by atoms with van der Waals surface area (Å²) in [6.07, 6.45) is 0. The molecule has 2 aromatic carbocycles. The fourth-order valence-corrected chi connectivity index (χ4v) is 2.44. The highest BCUT2D eigenvalue weighted by molar-refractivity contribution is 7.80. The lowest BCUT2D eigenvalue weighted by Gasteiger charge is -2.10. The number of aromatic nitrogens is 2. The average Bonchev–Trinajstić information content (AvgIpc) is 2.61. The fourth-order valence-electron chi connectivity index (χ4n) is 2.35. The first kappa shape index (κ1) is 16.7. The molecule has 0 aliphatic rings. The van der Waals surface area contributed by atoms with Crippen LogP contribution in [-0.4, -0.2) is 27.3 Å². The van der Waals surface area contributed by atoms with Gasteiger partial charge < -0.3 is 20.9 Å². The molecule has 0 spiro atoms. The summed E-state index contributed by atoms with van der Waals surface area (Å²) < 4.78 is 5.18. The summed E-state index contributed by atoms with van der Waals surface area (Å²) >= 11 is 4.88. The number of benzene rings is 2. The number of nitrogens with zero attached hydrogens (tertiary/aromatic N) is 2. The Kier molecular flexibility index (Phi) is 4.76. The van der Waals surface area contributed by atoms with Gasteiger partial charge in [0.15, 0.2) is 5.11 Å². The highest BCUT2D eigenvalue weighted by Crippen LogP contribution is 2.31. The number of anilines is 1. The van der Waals surface area contributed by atoms with Gasteiger partial charge in [-0.1, -0.05) is 12.1 Å². The van der Waals surface area contributed by atoms with Crippen LogP contribution in [0.4, 0.5) is 5.95 Å². The number of aromatic hydroxyl groups is 1. The van der Waals surface area contributed by atoms with Crippen LogP contribution in [0, 0.1) is 0 Å². The molecule has 0 saturated heterocycles. The quantitative estimate of drug-likeness (QED) is 0.621. The smallest absolute Gasteiger partial charge is 0.230 e. The maximum Gasteiger partial charge on any atom is 0.230 e. The van der Waals surface area contributed by atoms with E-state index in [1.807, 2.05) is 30.3 Å². The molecule has 3 aromatic rings. The molecule has 0 bridgehead atoms. The lowest BCUT2D eigenvalue weighted by molar-refractivity contribution is 0.415. The van der Waals surface area contributed by atoms with Crippen LogP contribution in [0.15, 0.2) is 54.6 Å². The summed E-state index contributed by atoms with van der Waals surface area (Å²) in [5.74, 6) is 1.14. The number of nitrogens with two attached hydrogens (primary N) is 1. The van der Waals surface area contributed by atoms with E-state index in [-0.39, 0.29) is 16.8 Å². The van der Waals surface area contributed by atoms with Crippen molar-refractivity contribution in [1.29, 1.82) is 0 Å². The van der Waals surface area contributed by atoms with Gasteiger partial charge in [0.05, 0.1) is 18.5 Å². The van der Waals surface area contributed by atoms with Crippen LogP contribution in [-0.2, 0) is 0 Å². The van der Waals surface area contributed by atoms with Gasteiger partial charge in [-0.25, -0.2) is 9.97 Å².